The molecular weight excluding hydrogens is 470 g/mol. The van der Waals surface area contributed by atoms with Crippen molar-refractivity contribution in [3.05, 3.63) is 53.7 Å². The van der Waals surface area contributed by atoms with Gasteiger partial charge in [-0.25, -0.2) is 0 Å². The summed E-state index contributed by atoms with van der Waals surface area (Å²) in [5.41, 5.74) is 9.46. The van der Waals surface area contributed by atoms with E-state index in [0.29, 0.717) is 17.7 Å². The van der Waals surface area contributed by atoms with Crippen LogP contribution in [0.3, 0.4) is 0 Å². The number of methoxy groups -OCH3 is 1. The number of hydrogen-bond acceptors (Lipinski definition) is 6. The monoisotopic (exact) mass is 507 g/mol. The predicted molar refractivity (Wildman–Crippen MR) is 150 cm³/mol. The van der Waals surface area contributed by atoms with Crippen molar-refractivity contribution >= 4 is 46.2 Å². The van der Waals surface area contributed by atoms with E-state index < -0.39 is 5.91 Å². The summed E-state index contributed by atoms with van der Waals surface area (Å²) in [7, 11) is 1.63. The fraction of sp³-hybridized carbons (Fsp3) is 0.414. The minimum atomic E-state index is -0.519. The van der Waals surface area contributed by atoms with E-state index in [1.54, 1.807) is 13.3 Å². The van der Waals surface area contributed by atoms with Gasteiger partial charge in [0.1, 0.15) is 12.0 Å². The Morgan fingerprint density at radius 2 is 1.78 bits per heavy atom. The van der Waals surface area contributed by atoms with Crippen LogP contribution in [0.1, 0.15) is 73.7 Å². The number of aldehydes is 1. The first-order valence-electron chi connectivity index (χ1n) is 12.7. The summed E-state index contributed by atoms with van der Waals surface area (Å²) >= 11 is 1.84. The van der Waals surface area contributed by atoms with Crippen LogP contribution in [-0.4, -0.2) is 30.0 Å². The number of nitrogens with one attached hydrogen (secondary N) is 1. The van der Waals surface area contributed by atoms with E-state index in [1.807, 2.05) is 43.0 Å². The van der Waals surface area contributed by atoms with Gasteiger partial charge in [-0.2, -0.15) is 0 Å². The van der Waals surface area contributed by atoms with Crippen LogP contribution in [0, 0.1) is 6.92 Å². The molecule has 0 aliphatic heterocycles. The number of unbranched alkanes of at least 4 members (excludes halogenated alkanes) is 8. The van der Waals surface area contributed by atoms with Gasteiger partial charge in [0.2, 0.25) is 0 Å². The Labute approximate surface area is 218 Å². The standard InChI is InChI=1S/C29H37N3O3S/c1-21-17-24(36-16-11-9-7-5-3-4-6-8-10-15-33)19-25-27(21)31-20-26(29(30)34)28(25)32-22-13-12-14-23(18-22)35-2/h12-15,17-20H,3-11,16H2,1-2H3,(H2,30,34)(H,31,32). The fourth-order valence-electron chi connectivity index (χ4n) is 4.28. The normalized spacial score (nSPS) is 10.9. The highest BCUT2D eigenvalue weighted by molar-refractivity contribution is 7.99. The zero-order chi connectivity index (χ0) is 25.8. The first-order valence-corrected chi connectivity index (χ1v) is 13.7. The lowest BCUT2D eigenvalue weighted by Crippen LogP contribution is -2.14. The second-order valence-electron chi connectivity index (χ2n) is 9.04. The van der Waals surface area contributed by atoms with E-state index >= 15 is 0 Å². The number of primary amides is 1. The average Bonchev–Trinajstić information content (AvgIpc) is 2.87. The third-order valence-electron chi connectivity index (χ3n) is 6.23. The summed E-state index contributed by atoms with van der Waals surface area (Å²) in [5.74, 6) is 1.25. The number of aryl methyl sites for hydroxylation is 1. The molecule has 0 bridgehead atoms. The largest absolute Gasteiger partial charge is 0.497 e. The number of amides is 1. The predicted octanol–water partition coefficient (Wildman–Crippen LogP) is 7.20. The van der Waals surface area contributed by atoms with Crippen LogP contribution in [0.4, 0.5) is 11.4 Å². The van der Waals surface area contributed by atoms with Crippen molar-refractivity contribution in [1.29, 1.82) is 0 Å². The maximum absolute atomic E-state index is 12.2. The highest BCUT2D eigenvalue weighted by atomic mass is 32.2. The molecule has 0 saturated carbocycles. The number of nitrogens with two attached hydrogens (primary N) is 1. The van der Waals surface area contributed by atoms with Crippen LogP contribution in [0.2, 0.25) is 0 Å². The quantitative estimate of drug-likeness (QED) is 0.121. The van der Waals surface area contributed by atoms with Gasteiger partial charge >= 0.3 is 0 Å². The number of thioether (sulfide) groups is 1. The molecule has 1 aromatic heterocycles. The van der Waals surface area contributed by atoms with E-state index in [4.69, 9.17) is 10.5 Å². The molecule has 0 unspecified atom stereocenters. The highest BCUT2D eigenvalue weighted by Crippen LogP contribution is 2.35. The van der Waals surface area contributed by atoms with Crippen LogP contribution in [-0.2, 0) is 4.79 Å². The summed E-state index contributed by atoms with van der Waals surface area (Å²) in [6, 6.07) is 11.9. The number of nitrogens with zero attached hydrogens (tertiary/aromatic N) is 1. The van der Waals surface area contributed by atoms with Crippen molar-refractivity contribution in [2.45, 2.75) is 69.6 Å². The molecule has 0 atom stereocenters. The Hall–Kier alpha value is -3.06. The number of carbonyl (C=O) groups excluding carboxylic acids is 2. The molecule has 0 aliphatic rings. The maximum atomic E-state index is 12.2. The minimum absolute atomic E-state index is 0.359. The molecule has 0 spiro atoms. The first-order chi connectivity index (χ1) is 17.5. The summed E-state index contributed by atoms with van der Waals surface area (Å²) in [4.78, 5) is 28.3. The average molecular weight is 508 g/mol. The molecule has 7 heteroatoms. The van der Waals surface area contributed by atoms with Crippen LogP contribution in [0.25, 0.3) is 10.9 Å². The molecule has 36 heavy (non-hydrogen) atoms. The van der Waals surface area contributed by atoms with Crippen molar-refractivity contribution in [3.8, 4) is 5.75 Å². The van der Waals surface area contributed by atoms with E-state index in [-0.39, 0.29) is 0 Å². The van der Waals surface area contributed by atoms with E-state index in [9.17, 15) is 9.59 Å². The Morgan fingerprint density at radius 1 is 1.06 bits per heavy atom. The summed E-state index contributed by atoms with van der Waals surface area (Å²) in [6.07, 6.45) is 12.9. The van der Waals surface area contributed by atoms with Gasteiger partial charge in [-0.15, -0.1) is 11.8 Å². The molecule has 0 saturated heterocycles. The third kappa shape index (κ3) is 7.98. The Bertz CT molecular complexity index is 1170. The van der Waals surface area contributed by atoms with Gasteiger partial charge in [-0.1, -0.05) is 44.6 Å². The van der Waals surface area contributed by atoms with Gasteiger partial charge in [-0.3, -0.25) is 9.78 Å². The van der Waals surface area contributed by atoms with E-state index in [1.165, 1.54) is 38.5 Å². The molecule has 1 heterocycles. The summed E-state index contributed by atoms with van der Waals surface area (Å²) in [5, 5.41) is 4.27. The smallest absolute Gasteiger partial charge is 0.252 e. The van der Waals surface area contributed by atoms with Crippen LogP contribution >= 0.6 is 11.8 Å². The number of fused-ring (bicyclic) bond motifs is 1. The number of ether oxygens (including phenoxy) is 1. The Kier molecular flexibility index (Phi) is 11.1. The van der Waals surface area contributed by atoms with E-state index in [0.717, 1.165) is 57.7 Å². The second-order valence-corrected chi connectivity index (χ2v) is 10.2. The topological polar surface area (TPSA) is 94.3 Å². The lowest BCUT2D eigenvalue weighted by Gasteiger charge is -2.16. The van der Waals surface area contributed by atoms with Gasteiger partial charge < -0.3 is 20.6 Å². The number of hydrogen-bond donors (Lipinski definition) is 2. The highest BCUT2D eigenvalue weighted by Gasteiger charge is 2.16. The summed E-state index contributed by atoms with van der Waals surface area (Å²) < 4.78 is 5.34. The lowest BCUT2D eigenvalue weighted by molar-refractivity contribution is -0.107. The molecule has 3 rings (SSSR count). The van der Waals surface area contributed by atoms with Gasteiger partial charge in [0.05, 0.1) is 23.9 Å². The zero-order valence-corrected chi connectivity index (χ0v) is 22.2. The fourth-order valence-corrected chi connectivity index (χ4v) is 5.32. The molecule has 1 amide bonds. The van der Waals surface area contributed by atoms with Crippen LogP contribution < -0.4 is 15.8 Å². The number of aromatic nitrogens is 1. The number of benzene rings is 2. The van der Waals surface area contributed by atoms with Gasteiger partial charge in [0.15, 0.2) is 0 Å². The van der Waals surface area contributed by atoms with Crippen molar-refractivity contribution in [3.63, 3.8) is 0 Å². The number of pyridine rings is 1. The van der Waals surface area contributed by atoms with Gasteiger partial charge in [-0.05, 0) is 55.3 Å². The van der Waals surface area contributed by atoms with Gasteiger partial charge in [0.25, 0.3) is 5.91 Å². The van der Waals surface area contributed by atoms with Crippen molar-refractivity contribution in [1.82, 2.24) is 4.98 Å². The summed E-state index contributed by atoms with van der Waals surface area (Å²) in [6.45, 7) is 2.05. The maximum Gasteiger partial charge on any atom is 0.252 e. The second kappa shape index (κ2) is 14.5. The number of rotatable bonds is 16. The lowest BCUT2D eigenvalue weighted by atomic mass is 10.1. The molecule has 0 aliphatic carbocycles. The molecular formula is C29H37N3O3S. The molecule has 3 aromatic rings. The van der Waals surface area contributed by atoms with Crippen molar-refractivity contribution in [2.24, 2.45) is 5.73 Å². The van der Waals surface area contributed by atoms with E-state index in [2.05, 4.69) is 22.4 Å². The molecule has 3 N–H and O–H groups in total. The number of carbonyl (C=O) groups is 2. The number of anilines is 2. The zero-order valence-electron chi connectivity index (χ0n) is 21.3. The van der Waals surface area contributed by atoms with Crippen LogP contribution in [0.15, 0.2) is 47.5 Å². The minimum Gasteiger partial charge on any atom is -0.497 e. The van der Waals surface area contributed by atoms with Crippen molar-refractivity contribution in [2.75, 3.05) is 18.2 Å². The van der Waals surface area contributed by atoms with Gasteiger partial charge in [0, 0.05) is 34.7 Å². The first kappa shape index (κ1) is 27.5. The molecule has 192 valence electrons. The molecule has 0 fully saturated rings. The SMILES string of the molecule is COc1cccc(Nc2c(C(N)=O)cnc3c(C)cc(SCCCCCCCCCCC=O)cc23)c1. The van der Waals surface area contributed by atoms with Crippen LogP contribution in [0.5, 0.6) is 5.75 Å². The molecule has 6 nitrogen and oxygen atoms in total. The molecule has 2 aromatic carbocycles. The Balaban J connectivity index is 1.66. The third-order valence-corrected chi connectivity index (χ3v) is 7.29. The van der Waals surface area contributed by atoms with Crippen molar-refractivity contribution < 1.29 is 14.3 Å². The molecule has 0 radical (unpaired) electrons. The Morgan fingerprint density at radius 3 is 2.47 bits per heavy atom.